The van der Waals surface area contributed by atoms with Crippen LogP contribution in [0, 0.1) is 0 Å². The van der Waals surface area contributed by atoms with Crippen LogP contribution in [0.1, 0.15) is 37.8 Å². The maximum absolute atomic E-state index is 13.2. The number of nitrogens with zero attached hydrogens (tertiary/aromatic N) is 5. The molecule has 12 nitrogen and oxygen atoms in total. The zero-order chi connectivity index (χ0) is 25.5. The van der Waals surface area contributed by atoms with Gasteiger partial charge in [-0.05, 0) is 44.4 Å². The Bertz CT molecular complexity index is 1300. The Hall–Kier alpha value is -3.71. The number of hydrogen-bond donors (Lipinski definition) is 2. The topological polar surface area (TPSA) is 158 Å². The standard InChI is InChI=1S/C23H27N7O5S/c1-3-35-21-14-24-13-19(27-21)15-4-7-20(26-12-15)29-22(31)17(9-11-34-2)18-8-10-25-23(28-18)30-36(32,33)16-5-6-16/h4,7-8,10,12-14,16-17H,3,5-6,9,11H2,1-2H3,(H,25,28,30)(H,26,29,31). The molecule has 1 unspecified atom stereocenters. The van der Waals surface area contributed by atoms with E-state index in [0.717, 1.165) is 0 Å². The fourth-order valence-electron chi connectivity index (χ4n) is 3.39. The summed E-state index contributed by atoms with van der Waals surface area (Å²) in [5.41, 5.74) is 1.67. The SMILES string of the molecule is CCOc1cncc(-c2ccc(NC(=O)C(CCOC)c3ccnc(NS(=O)(=O)C4CC4)n3)nc2)n1. The predicted octanol–water partition coefficient (Wildman–Crippen LogP) is 2.39. The quantitative estimate of drug-likeness (QED) is 0.368. The number of sulfonamides is 1. The summed E-state index contributed by atoms with van der Waals surface area (Å²) in [7, 11) is -1.99. The van der Waals surface area contributed by atoms with Gasteiger partial charge in [-0.1, -0.05) is 0 Å². The first-order chi connectivity index (χ1) is 17.4. The fraction of sp³-hybridized carbons (Fsp3) is 0.391. The minimum Gasteiger partial charge on any atom is -0.477 e. The van der Waals surface area contributed by atoms with E-state index in [1.165, 1.54) is 19.5 Å². The van der Waals surface area contributed by atoms with E-state index >= 15 is 0 Å². The molecule has 1 amide bonds. The number of hydrogen-bond acceptors (Lipinski definition) is 10. The number of rotatable bonds is 12. The molecule has 1 atom stereocenters. The summed E-state index contributed by atoms with van der Waals surface area (Å²) in [4.78, 5) is 34.3. The minimum absolute atomic E-state index is 0.0625. The van der Waals surface area contributed by atoms with Gasteiger partial charge in [0.05, 0.1) is 41.6 Å². The van der Waals surface area contributed by atoms with E-state index in [1.54, 1.807) is 30.6 Å². The molecule has 1 aliphatic carbocycles. The number of pyridine rings is 1. The van der Waals surface area contributed by atoms with Crippen LogP contribution in [0.3, 0.4) is 0 Å². The lowest BCUT2D eigenvalue weighted by Gasteiger charge is -2.16. The molecule has 0 radical (unpaired) electrons. The summed E-state index contributed by atoms with van der Waals surface area (Å²) in [6.45, 7) is 2.64. The van der Waals surface area contributed by atoms with Gasteiger partial charge < -0.3 is 14.8 Å². The third-order valence-electron chi connectivity index (χ3n) is 5.37. The molecule has 190 valence electrons. The number of aromatic nitrogens is 5. The summed E-state index contributed by atoms with van der Waals surface area (Å²) >= 11 is 0. The van der Waals surface area contributed by atoms with Crippen molar-refractivity contribution in [2.24, 2.45) is 0 Å². The third-order valence-corrected chi connectivity index (χ3v) is 7.19. The smallest absolute Gasteiger partial charge is 0.237 e. The number of carbonyl (C=O) groups excluding carboxylic acids is 1. The van der Waals surface area contributed by atoms with Crippen LogP contribution in [0.2, 0.25) is 0 Å². The van der Waals surface area contributed by atoms with Gasteiger partial charge in [0.25, 0.3) is 0 Å². The maximum atomic E-state index is 13.2. The molecular weight excluding hydrogens is 486 g/mol. The van der Waals surface area contributed by atoms with Crippen molar-refractivity contribution in [1.29, 1.82) is 0 Å². The summed E-state index contributed by atoms with van der Waals surface area (Å²) in [6, 6.07) is 5.00. The third kappa shape index (κ3) is 6.49. The molecule has 1 aliphatic rings. The van der Waals surface area contributed by atoms with E-state index in [-0.39, 0.29) is 11.9 Å². The molecule has 0 spiro atoms. The molecule has 36 heavy (non-hydrogen) atoms. The fourth-order valence-corrected chi connectivity index (χ4v) is 4.67. The van der Waals surface area contributed by atoms with E-state index < -0.39 is 21.2 Å². The van der Waals surface area contributed by atoms with Gasteiger partial charge in [0.1, 0.15) is 5.82 Å². The van der Waals surface area contributed by atoms with Gasteiger partial charge in [0.15, 0.2) is 0 Å². The summed E-state index contributed by atoms with van der Waals surface area (Å²) in [5, 5.41) is 2.37. The average Bonchev–Trinajstić information content (AvgIpc) is 3.72. The molecule has 4 rings (SSSR count). The van der Waals surface area contributed by atoms with Crippen molar-refractivity contribution in [2.75, 3.05) is 30.4 Å². The maximum Gasteiger partial charge on any atom is 0.237 e. The predicted molar refractivity (Wildman–Crippen MR) is 132 cm³/mol. The second-order valence-corrected chi connectivity index (χ2v) is 10.0. The highest BCUT2D eigenvalue weighted by Crippen LogP contribution is 2.29. The van der Waals surface area contributed by atoms with Crippen LogP contribution >= 0.6 is 0 Å². The van der Waals surface area contributed by atoms with Crippen molar-refractivity contribution >= 4 is 27.7 Å². The molecule has 3 aromatic heterocycles. The second kappa shape index (κ2) is 11.4. The van der Waals surface area contributed by atoms with Crippen molar-refractivity contribution in [2.45, 2.75) is 37.4 Å². The number of ether oxygens (including phenoxy) is 2. The lowest BCUT2D eigenvalue weighted by Crippen LogP contribution is -2.25. The largest absolute Gasteiger partial charge is 0.477 e. The van der Waals surface area contributed by atoms with Crippen LogP contribution in [0.25, 0.3) is 11.3 Å². The van der Waals surface area contributed by atoms with Gasteiger partial charge in [0, 0.05) is 31.7 Å². The first-order valence-electron chi connectivity index (χ1n) is 11.4. The zero-order valence-corrected chi connectivity index (χ0v) is 20.7. The second-order valence-electron chi connectivity index (χ2n) is 8.08. The normalized spacial score (nSPS) is 14.2. The Morgan fingerprint density at radius 3 is 2.67 bits per heavy atom. The Kier molecular flexibility index (Phi) is 8.00. The van der Waals surface area contributed by atoms with E-state index in [2.05, 4.69) is 35.0 Å². The van der Waals surface area contributed by atoms with E-state index in [9.17, 15) is 13.2 Å². The van der Waals surface area contributed by atoms with Crippen LogP contribution < -0.4 is 14.8 Å². The van der Waals surface area contributed by atoms with Crippen LogP contribution in [0.5, 0.6) is 5.88 Å². The van der Waals surface area contributed by atoms with Gasteiger partial charge in [-0.15, -0.1) is 0 Å². The molecule has 0 aromatic carbocycles. The monoisotopic (exact) mass is 513 g/mol. The van der Waals surface area contributed by atoms with E-state index in [0.29, 0.717) is 61.1 Å². The highest BCUT2D eigenvalue weighted by molar-refractivity contribution is 7.93. The molecule has 1 saturated carbocycles. The van der Waals surface area contributed by atoms with Crippen LogP contribution in [0.15, 0.2) is 43.0 Å². The molecule has 1 fully saturated rings. The number of carbonyl (C=O) groups is 1. The number of methoxy groups -OCH3 is 1. The average molecular weight is 514 g/mol. The molecule has 0 saturated heterocycles. The Morgan fingerprint density at radius 1 is 1.14 bits per heavy atom. The Balaban J connectivity index is 1.48. The van der Waals surface area contributed by atoms with Crippen molar-refractivity contribution in [3.05, 3.63) is 48.7 Å². The minimum atomic E-state index is -3.53. The van der Waals surface area contributed by atoms with Crippen LogP contribution in [-0.2, 0) is 19.6 Å². The molecule has 2 N–H and O–H groups in total. The molecule has 0 bridgehead atoms. The van der Waals surface area contributed by atoms with Crippen molar-refractivity contribution in [3.63, 3.8) is 0 Å². The van der Waals surface area contributed by atoms with Crippen molar-refractivity contribution in [1.82, 2.24) is 24.9 Å². The van der Waals surface area contributed by atoms with Gasteiger partial charge in [-0.2, -0.15) is 0 Å². The van der Waals surface area contributed by atoms with Crippen LogP contribution in [0.4, 0.5) is 11.8 Å². The lowest BCUT2D eigenvalue weighted by atomic mass is 10.0. The van der Waals surface area contributed by atoms with Crippen molar-refractivity contribution in [3.8, 4) is 17.1 Å². The van der Waals surface area contributed by atoms with Gasteiger partial charge >= 0.3 is 0 Å². The highest BCUT2D eigenvalue weighted by Gasteiger charge is 2.36. The summed E-state index contributed by atoms with van der Waals surface area (Å²) in [5.74, 6) is -0.388. The number of amides is 1. The first kappa shape index (κ1) is 25.4. The molecule has 0 aliphatic heterocycles. The Morgan fingerprint density at radius 2 is 1.97 bits per heavy atom. The summed E-state index contributed by atoms with van der Waals surface area (Å²) in [6.07, 6.45) is 7.69. The Labute approximate surface area is 209 Å². The molecule has 13 heteroatoms. The molecular formula is C23H27N7O5S. The van der Waals surface area contributed by atoms with Gasteiger partial charge in [-0.25, -0.2) is 28.4 Å². The summed E-state index contributed by atoms with van der Waals surface area (Å²) < 4.78 is 37.5. The van der Waals surface area contributed by atoms with E-state index in [1.807, 2.05) is 6.92 Å². The van der Waals surface area contributed by atoms with Gasteiger partial charge in [-0.3, -0.25) is 14.5 Å². The molecule has 3 heterocycles. The first-order valence-corrected chi connectivity index (χ1v) is 13.0. The number of nitrogens with one attached hydrogen (secondary N) is 2. The zero-order valence-electron chi connectivity index (χ0n) is 19.9. The van der Waals surface area contributed by atoms with E-state index in [4.69, 9.17) is 9.47 Å². The lowest BCUT2D eigenvalue weighted by molar-refractivity contribution is -0.118. The highest BCUT2D eigenvalue weighted by atomic mass is 32.2. The van der Waals surface area contributed by atoms with Gasteiger partial charge in [0.2, 0.25) is 27.8 Å². The molecule has 3 aromatic rings. The van der Waals surface area contributed by atoms with Crippen molar-refractivity contribution < 1.29 is 22.7 Å². The number of anilines is 2. The van der Waals surface area contributed by atoms with Crippen LogP contribution in [-0.4, -0.2) is 64.8 Å².